The van der Waals surface area contributed by atoms with Crippen molar-refractivity contribution in [1.82, 2.24) is 10.6 Å². The quantitative estimate of drug-likeness (QED) is 0.887. The monoisotopic (exact) mass is 342 g/mol. The average Bonchev–Trinajstić information content (AvgIpc) is 3.18. The summed E-state index contributed by atoms with van der Waals surface area (Å²) >= 11 is 0. The minimum atomic E-state index is -0.576. The summed E-state index contributed by atoms with van der Waals surface area (Å²) < 4.78 is 26.7. The zero-order valence-corrected chi connectivity index (χ0v) is 13.5. The first-order chi connectivity index (χ1) is 10.6. The van der Waals surface area contributed by atoms with Crippen molar-refractivity contribution in [1.29, 1.82) is 0 Å². The molecule has 0 aromatic heterocycles. The van der Waals surface area contributed by atoms with Crippen molar-refractivity contribution in [3.63, 3.8) is 0 Å². The van der Waals surface area contributed by atoms with Crippen LogP contribution < -0.4 is 10.6 Å². The van der Waals surface area contributed by atoms with Crippen LogP contribution in [0.2, 0.25) is 0 Å². The Labute approximate surface area is 140 Å². The maximum absolute atomic E-state index is 13.8. The number of carbonyl (C=O) groups is 1. The van der Waals surface area contributed by atoms with Gasteiger partial charge in [0.2, 0.25) is 5.91 Å². The topological polar surface area (TPSA) is 41.1 Å². The number of piperidine rings is 1. The lowest BCUT2D eigenvalue weighted by Crippen LogP contribution is -2.48. The van der Waals surface area contributed by atoms with Crippen molar-refractivity contribution in [3.05, 3.63) is 35.4 Å². The second-order valence-electron chi connectivity index (χ2n) is 6.93. The van der Waals surface area contributed by atoms with Crippen LogP contribution in [0.25, 0.3) is 0 Å². The first-order valence-electron chi connectivity index (χ1n) is 8.11. The van der Waals surface area contributed by atoms with Crippen molar-refractivity contribution in [2.75, 3.05) is 0 Å². The summed E-state index contributed by atoms with van der Waals surface area (Å²) in [6.07, 6.45) is 5.04. The van der Waals surface area contributed by atoms with E-state index in [0.717, 1.165) is 18.9 Å². The largest absolute Gasteiger partial charge is 0.353 e. The lowest BCUT2D eigenvalue weighted by Gasteiger charge is -2.29. The maximum atomic E-state index is 13.8. The predicted molar refractivity (Wildman–Crippen MR) is 85.6 cm³/mol. The third-order valence-corrected chi connectivity index (χ3v) is 5.31. The second-order valence-corrected chi connectivity index (χ2v) is 6.93. The summed E-state index contributed by atoms with van der Waals surface area (Å²) in [5.41, 5.74) is 0.465. The zero-order chi connectivity index (χ0) is 15.3. The molecule has 2 saturated heterocycles. The first kappa shape index (κ1) is 16.7. The molecule has 2 bridgehead atoms. The highest BCUT2D eigenvalue weighted by Crippen LogP contribution is 2.48. The fourth-order valence-electron chi connectivity index (χ4n) is 4.11. The van der Waals surface area contributed by atoms with Gasteiger partial charge >= 0.3 is 0 Å². The molecule has 4 unspecified atom stereocenters. The molecule has 4 atom stereocenters. The highest BCUT2D eigenvalue weighted by Gasteiger charge is 2.46. The molecule has 0 spiro atoms. The van der Waals surface area contributed by atoms with Gasteiger partial charge in [0.1, 0.15) is 11.6 Å². The minimum Gasteiger partial charge on any atom is -0.353 e. The summed E-state index contributed by atoms with van der Waals surface area (Å²) in [5.74, 6) is -1.35. The lowest BCUT2D eigenvalue weighted by atomic mass is 9.99. The van der Waals surface area contributed by atoms with Crippen LogP contribution in [0.4, 0.5) is 8.78 Å². The summed E-state index contributed by atoms with van der Waals surface area (Å²) in [6.45, 7) is 0. The van der Waals surface area contributed by atoms with Crippen LogP contribution >= 0.6 is 12.4 Å². The van der Waals surface area contributed by atoms with E-state index in [1.807, 2.05) is 0 Å². The number of amides is 1. The van der Waals surface area contributed by atoms with Gasteiger partial charge in [-0.15, -0.1) is 12.4 Å². The molecule has 2 heterocycles. The average molecular weight is 343 g/mol. The Kier molecular flexibility index (Phi) is 4.61. The summed E-state index contributed by atoms with van der Waals surface area (Å²) in [6, 6.07) is 4.93. The Morgan fingerprint density at radius 1 is 1.13 bits per heavy atom. The van der Waals surface area contributed by atoms with Gasteiger partial charge in [0.15, 0.2) is 0 Å². The SMILES string of the molecule is Cl.O=C(NC1CC2CCC(C1)N2)C1CC1c1ccc(F)cc1F. The van der Waals surface area contributed by atoms with Gasteiger partial charge in [-0.25, -0.2) is 8.78 Å². The maximum Gasteiger partial charge on any atom is 0.223 e. The molecule has 3 nitrogen and oxygen atoms in total. The van der Waals surface area contributed by atoms with Crippen LogP contribution in [-0.4, -0.2) is 24.0 Å². The van der Waals surface area contributed by atoms with Gasteiger partial charge in [-0.1, -0.05) is 6.07 Å². The third kappa shape index (κ3) is 3.36. The second kappa shape index (κ2) is 6.36. The van der Waals surface area contributed by atoms with E-state index in [4.69, 9.17) is 0 Å². The molecular formula is C17H21ClF2N2O. The minimum absolute atomic E-state index is 0. The molecule has 2 aliphatic heterocycles. The number of rotatable bonds is 3. The van der Waals surface area contributed by atoms with E-state index in [1.54, 1.807) is 0 Å². The first-order valence-corrected chi connectivity index (χ1v) is 8.11. The van der Waals surface area contributed by atoms with Gasteiger partial charge in [0.25, 0.3) is 0 Å². The van der Waals surface area contributed by atoms with Gasteiger partial charge in [-0.05, 0) is 49.7 Å². The van der Waals surface area contributed by atoms with Crippen molar-refractivity contribution >= 4 is 18.3 Å². The Hall–Kier alpha value is -1.20. The number of nitrogens with one attached hydrogen (secondary N) is 2. The number of halogens is 3. The molecule has 1 aliphatic carbocycles. The van der Waals surface area contributed by atoms with Crippen molar-refractivity contribution in [2.24, 2.45) is 5.92 Å². The molecule has 126 valence electrons. The van der Waals surface area contributed by atoms with Crippen LogP contribution in [0.1, 0.15) is 43.6 Å². The van der Waals surface area contributed by atoms with E-state index in [9.17, 15) is 13.6 Å². The Morgan fingerprint density at radius 2 is 1.83 bits per heavy atom. The standard InChI is InChI=1S/C17H20F2N2O.ClH/c18-9-1-4-13(16(19)5-9)14-8-15(14)17(22)21-12-6-10-2-3-11(7-12)20-10;/h1,4-5,10-12,14-15,20H,2-3,6-8H2,(H,21,22);1H. The van der Waals surface area contributed by atoms with Crippen LogP contribution in [0, 0.1) is 17.6 Å². The van der Waals surface area contributed by atoms with E-state index in [0.29, 0.717) is 24.1 Å². The van der Waals surface area contributed by atoms with Gasteiger partial charge < -0.3 is 10.6 Å². The highest BCUT2D eigenvalue weighted by molar-refractivity contribution is 5.85. The molecule has 23 heavy (non-hydrogen) atoms. The molecule has 4 rings (SSSR count). The fraction of sp³-hybridized carbons (Fsp3) is 0.588. The number of benzene rings is 1. The van der Waals surface area contributed by atoms with E-state index in [1.165, 1.54) is 25.0 Å². The van der Waals surface area contributed by atoms with Gasteiger partial charge in [0.05, 0.1) is 0 Å². The molecule has 1 saturated carbocycles. The zero-order valence-electron chi connectivity index (χ0n) is 12.7. The van der Waals surface area contributed by atoms with Crippen molar-refractivity contribution < 1.29 is 13.6 Å². The predicted octanol–water partition coefficient (Wildman–Crippen LogP) is 2.89. The highest BCUT2D eigenvalue weighted by atomic mass is 35.5. The molecule has 0 radical (unpaired) electrons. The Morgan fingerprint density at radius 3 is 2.48 bits per heavy atom. The molecule has 1 aromatic rings. The van der Waals surface area contributed by atoms with Crippen molar-refractivity contribution in [3.8, 4) is 0 Å². The number of fused-ring (bicyclic) bond motifs is 2. The van der Waals surface area contributed by atoms with Crippen LogP contribution in [0.3, 0.4) is 0 Å². The van der Waals surface area contributed by atoms with Crippen LogP contribution in [0.15, 0.2) is 18.2 Å². The fourth-order valence-corrected chi connectivity index (χ4v) is 4.11. The van der Waals surface area contributed by atoms with Crippen LogP contribution in [0.5, 0.6) is 0 Å². The van der Waals surface area contributed by atoms with Gasteiger partial charge in [-0.3, -0.25) is 4.79 Å². The Balaban J connectivity index is 0.00000156. The van der Waals surface area contributed by atoms with E-state index in [2.05, 4.69) is 10.6 Å². The molecule has 1 amide bonds. The van der Waals surface area contributed by atoms with Gasteiger partial charge in [-0.2, -0.15) is 0 Å². The number of hydrogen-bond donors (Lipinski definition) is 2. The lowest BCUT2D eigenvalue weighted by molar-refractivity contribution is -0.123. The normalized spacial score (nSPS) is 34.6. The van der Waals surface area contributed by atoms with Crippen molar-refractivity contribution in [2.45, 2.75) is 56.1 Å². The molecular weight excluding hydrogens is 322 g/mol. The van der Waals surface area contributed by atoms with Crippen LogP contribution in [-0.2, 0) is 4.79 Å². The molecule has 3 aliphatic rings. The molecule has 2 N–H and O–H groups in total. The smallest absolute Gasteiger partial charge is 0.223 e. The van der Waals surface area contributed by atoms with E-state index in [-0.39, 0.29) is 36.2 Å². The number of carbonyl (C=O) groups excluding carboxylic acids is 1. The Bertz CT molecular complexity index is 600. The summed E-state index contributed by atoms with van der Waals surface area (Å²) in [5, 5.41) is 6.69. The molecule has 6 heteroatoms. The number of hydrogen-bond acceptors (Lipinski definition) is 2. The third-order valence-electron chi connectivity index (χ3n) is 5.31. The molecule has 3 fully saturated rings. The summed E-state index contributed by atoms with van der Waals surface area (Å²) in [4.78, 5) is 12.3. The van der Waals surface area contributed by atoms with E-state index < -0.39 is 11.6 Å². The van der Waals surface area contributed by atoms with E-state index >= 15 is 0 Å². The summed E-state index contributed by atoms with van der Waals surface area (Å²) in [7, 11) is 0. The van der Waals surface area contributed by atoms with Gasteiger partial charge in [0, 0.05) is 30.1 Å². The molecule has 1 aromatic carbocycles.